The average Bonchev–Trinajstić information content (AvgIpc) is 2.37. The lowest BCUT2D eigenvalue weighted by molar-refractivity contribution is -0.149. The lowest BCUT2D eigenvalue weighted by atomic mass is 9.83. The van der Waals surface area contributed by atoms with Crippen molar-refractivity contribution in [2.24, 2.45) is 0 Å². The van der Waals surface area contributed by atoms with E-state index in [0.717, 1.165) is 10.0 Å². The molecule has 0 fully saturated rings. The second-order valence-corrected chi connectivity index (χ2v) is 5.05. The molecular formula is C14H17BrO3. The number of carbonyl (C=O) groups is 1. The minimum absolute atomic E-state index is 0.252. The molecule has 3 nitrogen and oxygen atoms in total. The molecule has 0 aliphatic heterocycles. The first-order valence-electron chi connectivity index (χ1n) is 5.57. The minimum atomic E-state index is -0.818. The van der Waals surface area contributed by atoms with E-state index >= 15 is 0 Å². The Labute approximate surface area is 116 Å². The van der Waals surface area contributed by atoms with E-state index in [0.29, 0.717) is 6.61 Å². The van der Waals surface area contributed by atoms with Crippen LogP contribution in [0.5, 0.6) is 0 Å². The van der Waals surface area contributed by atoms with E-state index in [1.54, 1.807) is 6.08 Å². The molecule has 4 heteroatoms. The topological polar surface area (TPSA) is 35.5 Å². The van der Waals surface area contributed by atoms with Gasteiger partial charge in [-0.25, -0.2) is 0 Å². The summed E-state index contributed by atoms with van der Waals surface area (Å²) in [4.78, 5) is 12.0. The summed E-state index contributed by atoms with van der Waals surface area (Å²) in [6, 6.07) is 7.58. The molecule has 0 radical (unpaired) electrons. The fraction of sp³-hybridized carbons (Fsp3) is 0.357. The molecule has 0 amide bonds. The van der Waals surface area contributed by atoms with E-state index in [1.165, 1.54) is 7.11 Å². The molecule has 1 unspecified atom stereocenters. The van der Waals surface area contributed by atoms with Gasteiger partial charge in [0.15, 0.2) is 0 Å². The lowest BCUT2D eigenvalue weighted by Gasteiger charge is -2.27. The predicted octanol–water partition coefficient (Wildman–Crippen LogP) is 3.08. The van der Waals surface area contributed by atoms with Gasteiger partial charge in [0, 0.05) is 4.47 Å². The zero-order chi connectivity index (χ0) is 13.6. The number of methoxy groups -OCH3 is 1. The third kappa shape index (κ3) is 3.43. The summed E-state index contributed by atoms with van der Waals surface area (Å²) < 4.78 is 11.2. The maximum Gasteiger partial charge on any atom is 0.318 e. The van der Waals surface area contributed by atoms with Crippen molar-refractivity contribution < 1.29 is 14.3 Å². The highest BCUT2D eigenvalue weighted by atomic mass is 79.9. The molecule has 1 rings (SSSR count). The molecule has 0 saturated carbocycles. The molecule has 0 N–H and O–H groups in total. The quantitative estimate of drug-likeness (QED) is 0.460. The highest BCUT2D eigenvalue weighted by Gasteiger charge is 2.36. The number of rotatable bonds is 6. The summed E-state index contributed by atoms with van der Waals surface area (Å²) in [5.41, 5.74) is 0.0365. The van der Waals surface area contributed by atoms with E-state index in [2.05, 4.69) is 22.5 Å². The Morgan fingerprint density at radius 2 is 2.28 bits per heavy atom. The summed E-state index contributed by atoms with van der Waals surface area (Å²) in [7, 11) is 1.38. The van der Waals surface area contributed by atoms with Crippen molar-refractivity contribution in [2.45, 2.75) is 12.3 Å². The number of hydrogen-bond acceptors (Lipinski definition) is 3. The maximum atomic E-state index is 12.0. The van der Waals surface area contributed by atoms with Gasteiger partial charge in [-0.2, -0.15) is 0 Å². The number of ether oxygens (including phenoxy) is 2. The molecule has 1 aromatic rings. The van der Waals surface area contributed by atoms with Gasteiger partial charge in [0.2, 0.25) is 0 Å². The molecular weight excluding hydrogens is 296 g/mol. The molecule has 1 aromatic carbocycles. The molecule has 0 aromatic heterocycles. The minimum Gasteiger partial charge on any atom is -0.468 e. The lowest BCUT2D eigenvalue weighted by Crippen LogP contribution is -2.38. The normalized spacial score (nSPS) is 13.7. The van der Waals surface area contributed by atoms with Crippen molar-refractivity contribution in [3.63, 3.8) is 0 Å². The van der Waals surface area contributed by atoms with Gasteiger partial charge in [-0.05, 0) is 24.6 Å². The predicted molar refractivity (Wildman–Crippen MR) is 74.5 cm³/mol. The molecule has 0 spiro atoms. The number of carbonyl (C=O) groups excluding carboxylic acids is 1. The number of esters is 1. The van der Waals surface area contributed by atoms with E-state index in [9.17, 15) is 4.79 Å². The highest BCUT2D eigenvalue weighted by molar-refractivity contribution is 9.10. The standard InChI is InChI=1S/C14H17BrO3/c1-4-8-18-10-14(2,13(16)17-3)11-6-5-7-12(15)9-11/h4-7,9H,1,8,10H2,2-3H3. The molecule has 0 aliphatic carbocycles. The van der Waals surface area contributed by atoms with Crippen LogP contribution < -0.4 is 0 Å². The zero-order valence-electron chi connectivity index (χ0n) is 10.6. The Morgan fingerprint density at radius 1 is 1.56 bits per heavy atom. The van der Waals surface area contributed by atoms with Gasteiger partial charge in [0.1, 0.15) is 5.41 Å². The van der Waals surface area contributed by atoms with Gasteiger partial charge in [0.05, 0.1) is 20.3 Å². The van der Waals surface area contributed by atoms with Crippen LogP contribution in [0.25, 0.3) is 0 Å². The van der Waals surface area contributed by atoms with Gasteiger partial charge in [-0.15, -0.1) is 6.58 Å². The SMILES string of the molecule is C=CCOCC(C)(C(=O)OC)c1cccc(Br)c1. The van der Waals surface area contributed by atoms with Crippen molar-refractivity contribution in [3.05, 3.63) is 47.0 Å². The smallest absolute Gasteiger partial charge is 0.318 e. The van der Waals surface area contributed by atoms with E-state index in [-0.39, 0.29) is 12.6 Å². The first-order valence-corrected chi connectivity index (χ1v) is 6.37. The Bertz CT molecular complexity index is 431. The van der Waals surface area contributed by atoms with Gasteiger partial charge >= 0.3 is 5.97 Å². The molecule has 18 heavy (non-hydrogen) atoms. The summed E-state index contributed by atoms with van der Waals surface area (Å²) in [5.74, 6) is -0.315. The van der Waals surface area contributed by atoms with Gasteiger partial charge in [0.25, 0.3) is 0 Å². The fourth-order valence-corrected chi connectivity index (χ4v) is 2.06. The van der Waals surface area contributed by atoms with Crippen LogP contribution in [0.15, 0.2) is 41.4 Å². The molecule has 1 atom stereocenters. The van der Waals surface area contributed by atoms with E-state index < -0.39 is 5.41 Å². The van der Waals surface area contributed by atoms with Crippen LogP contribution in [0.2, 0.25) is 0 Å². The van der Waals surface area contributed by atoms with E-state index in [4.69, 9.17) is 9.47 Å². The number of hydrogen-bond donors (Lipinski definition) is 0. The van der Waals surface area contributed by atoms with E-state index in [1.807, 2.05) is 31.2 Å². The van der Waals surface area contributed by atoms with Crippen molar-refractivity contribution in [2.75, 3.05) is 20.3 Å². The first-order chi connectivity index (χ1) is 8.54. The zero-order valence-corrected chi connectivity index (χ0v) is 12.2. The second kappa shape index (κ2) is 6.71. The average molecular weight is 313 g/mol. The van der Waals surface area contributed by atoms with Gasteiger partial charge in [-0.3, -0.25) is 4.79 Å². The summed E-state index contributed by atoms with van der Waals surface area (Å²) >= 11 is 3.40. The monoisotopic (exact) mass is 312 g/mol. The highest BCUT2D eigenvalue weighted by Crippen LogP contribution is 2.28. The van der Waals surface area contributed by atoms with Crippen LogP contribution in [0.3, 0.4) is 0 Å². The van der Waals surface area contributed by atoms with Crippen molar-refractivity contribution in [1.29, 1.82) is 0 Å². The Kier molecular flexibility index (Phi) is 5.56. The summed E-state index contributed by atoms with van der Waals surface area (Å²) in [5, 5.41) is 0. The maximum absolute atomic E-state index is 12.0. The first kappa shape index (κ1) is 14.9. The van der Waals surface area contributed by atoms with Gasteiger partial charge < -0.3 is 9.47 Å². The van der Waals surface area contributed by atoms with Crippen LogP contribution in [-0.4, -0.2) is 26.3 Å². The Hall–Kier alpha value is -1.13. The third-order valence-corrected chi connectivity index (χ3v) is 3.22. The van der Waals surface area contributed by atoms with Crippen LogP contribution in [0.4, 0.5) is 0 Å². The number of halogens is 1. The molecule has 0 heterocycles. The molecule has 0 bridgehead atoms. The molecule has 98 valence electrons. The van der Waals surface area contributed by atoms with Crippen LogP contribution in [-0.2, 0) is 19.7 Å². The molecule has 0 saturated heterocycles. The van der Waals surface area contributed by atoms with Crippen molar-refractivity contribution >= 4 is 21.9 Å². The Balaban J connectivity index is 3.03. The Morgan fingerprint density at radius 3 is 2.83 bits per heavy atom. The number of benzene rings is 1. The summed E-state index contributed by atoms with van der Waals surface area (Å²) in [6.07, 6.45) is 1.65. The van der Waals surface area contributed by atoms with Crippen LogP contribution in [0, 0.1) is 0 Å². The van der Waals surface area contributed by atoms with Crippen LogP contribution in [0.1, 0.15) is 12.5 Å². The summed E-state index contributed by atoms with van der Waals surface area (Å²) in [6.45, 7) is 6.05. The van der Waals surface area contributed by atoms with Crippen molar-refractivity contribution in [1.82, 2.24) is 0 Å². The molecule has 0 aliphatic rings. The second-order valence-electron chi connectivity index (χ2n) is 4.14. The van der Waals surface area contributed by atoms with Crippen molar-refractivity contribution in [3.8, 4) is 0 Å². The largest absolute Gasteiger partial charge is 0.468 e. The van der Waals surface area contributed by atoms with Gasteiger partial charge in [-0.1, -0.05) is 34.1 Å². The fourth-order valence-electron chi connectivity index (χ4n) is 1.66. The third-order valence-electron chi connectivity index (χ3n) is 2.72. The van der Waals surface area contributed by atoms with Crippen LogP contribution >= 0.6 is 15.9 Å².